The van der Waals surface area contributed by atoms with Crippen molar-refractivity contribution in [1.82, 2.24) is 10.3 Å². The van der Waals surface area contributed by atoms with Gasteiger partial charge in [-0.25, -0.2) is 0 Å². The highest BCUT2D eigenvalue weighted by Gasteiger charge is 2.47. The van der Waals surface area contributed by atoms with Crippen molar-refractivity contribution in [3.8, 4) is 11.5 Å². The average molecular weight is 402 g/mol. The summed E-state index contributed by atoms with van der Waals surface area (Å²) in [4.78, 5) is 13.9. The SMILES string of the molecule is CCCCCCOc1c(OC)cc(C2NN=C3C4CCN(CC4)C32)cc1[N+](=O)[O-]. The molecular weight excluding hydrogens is 372 g/mol. The number of benzene rings is 1. The zero-order chi connectivity index (χ0) is 20.4. The van der Waals surface area contributed by atoms with Gasteiger partial charge in [0.05, 0.1) is 36.4 Å². The first-order valence-corrected chi connectivity index (χ1v) is 10.7. The van der Waals surface area contributed by atoms with Crippen LogP contribution in [-0.2, 0) is 0 Å². The lowest BCUT2D eigenvalue weighted by Crippen LogP contribution is -2.56. The number of methoxy groups -OCH3 is 1. The maximum atomic E-state index is 11.8. The number of piperidine rings is 3. The van der Waals surface area contributed by atoms with Crippen molar-refractivity contribution < 1.29 is 14.4 Å². The van der Waals surface area contributed by atoms with Gasteiger partial charge in [0, 0.05) is 12.0 Å². The molecule has 4 heterocycles. The largest absolute Gasteiger partial charge is 0.493 e. The Balaban J connectivity index is 1.59. The summed E-state index contributed by atoms with van der Waals surface area (Å²) in [5, 5.41) is 16.4. The van der Waals surface area contributed by atoms with Crippen LogP contribution in [0, 0.1) is 16.0 Å². The molecule has 0 radical (unpaired) electrons. The molecule has 1 aromatic rings. The molecular formula is C21H30N4O4. The molecule has 158 valence electrons. The van der Waals surface area contributed by atoms with Crippen molar-refractivity contribution in [2.24, 2.45) is 11.0 Å². The van der Waals surface area contributed by atoms with E-state index in [-0.39, 0.29) is 28.4 Å². The van der Waals surface area contributed by atoms with Gasteiger partial charge in [-0.3, -0.25) is 15.0 Å². The highest BCUT2D eigenvalue weighted by Crippen LogP contribution is 2.44. The minimum absolute atomic E-state index is 0.0407. The topological polar surface area (TPSA) is 89.2 Å². The predicted molar refractivity (Wildman–Crippen MR) is 111 cm³/mol. The minimum Gasteiger partial charge on any atom is -0.493 e. The van der Waals surface area contributed by atoms with E-state index in [2.05, 4.69) is 22.4 Å². The van der Waals surface area contributed by atoms with Crippen LogP contribution >= 0.6 is 0 Å². The first kappa shape index (κ1) is 19.9. The summed E-state index contributed by atoms with van der Waals surface area (Å²) in [6.45, 7) is 4.72. The zero-order valence-electron chi connectivity index (χ0n) is 17.2. The van der Waals surface area contributed by atoms with E-state index in [0.717, 1.165) is 57.2 Å². The quantitative estimate of drug-likeness (QED) is 0.385. The summed E-state index contributed by atoms with van der Waals surface area (Å²) in [6.07, 6.45) is 6.49. The van der Waals surface area contributed by atoms with Crippen LogP contribution in [0.15, 0.2) is 17.2 Å². The fourth-order valence-electron chi connectivity index (χ4n) is 4.84. The second-order valence-electron chi connectivity index (χ2n) is 8.14. The lowest BCUT2D eigenvalue weighted by Gasteiger charge is -2.45. The second-order valence-corrected chi connectivity index (χ2v) is 8.14. The normalized spacial score (nSPS) is 27.2. The predicted octanol–water partition coefficient (Wildman–Crippen LogP) is 3.66. The Bertz CT molecular complexity index is 789. The third-order valence-electron chi connectivity index (χ3n) is 6.37. The molecule has 0 spiro atoms. The van der Waals surface area contributed by atoms with Crippen LogP contribution in [0.4, 0.5) is 5.69 Å². The molecule has 1 N–H and O–H groups in total. The Morgan fingerprint density at radius 1 is 1.28 bits per heavy atom. The zero-order valence-corrected chi connectivity index (χ0v) is 17.2. The summed E-state index contributed by atoms with van der Waals surface area (Å²) < 4.78 is 11.3. The summed E-state index contributed by atoms with van der Waals surface area (Å²) in [5.41, 5.74) is 5.23. The van der Waals surface area contributed by atoms with Crippen molar-refractivity contribution in [2.75, 3.05) is 26.8 Å². The monoisotopic (exact) mass is 402 g/mol. The number of ether oxygens (including phenoxy) is 2. The van der Waals surface area contributed by atoms with Crippen LogP contribution in [0.2, 0.25) is 0 Å². The van der Waals surface area contributed by atoms with Gasteiger partial charge < -0.3 is 14.9 Å². The van der Waals surface area contributed by atoms with Crippen LogP contribution in [0.25, 0.3) is 0 Å². The molecule has 8 heteroatoms. The van der Waals surface area contributed by atoms with Crippen LogP contribution in [0.1, 0.15) is 57.1 Å². The Morgan fingerprint density at radius 2 is 2.07 bits per heavy atom. The van der Waals surface area contributed by atoms with Crippen LogP contribution in [0.5, 0.6) is 11.5 Å². The van der Waals surface area contributed by atoms with Crippen LogP contribution in [-0.4, -0.2) is 48.4 Å². The number of hydrogen-bond donors (Lipinski definition) is 1. The van der Waals surface area contributed by atoms with Gasteiger partial charge in [-0.15, -0.1) is 0 Å². The van der Waals surface area contributed by atoms with Crippen molar-refractivity contribution in [3.63, 3.8) is 0 Å². The van der Waals surface area contributed by atoms with Crippen molar-refractivity contribution in [2.45, 2.75) is 57.5 Å². The molecule has 3 saturated heterocycles. The molecule has 0 aromatic heterocycles. The molecule has 4 aliphatic rings. The molecule has 0 amide bonds. The van der Waals surface area contributed by atoms with E-state index >= 15 is 0 Å². The lowest BCUT2D eigenvalue weighted by atomic mass is 9.78. The highest BCUT2D eigenvalue weighted by atomic mass is 16.6. The number of hydrogen-bond acceptors (Lipinski definition) is 7. The van der Waals surface area contributed by atoms with E-state index < -0.39 is 0 Å². The van der Waals surface area contributed by atoms with Gasteiger partial charge in [0.25, 0.3) is 0 Å². The van der Waals surface area contributed by atoms with Gasteiger partial charge in [0.2, 0.25) is 5.75 Å². The lowest BCUT2D eigenvalue weighted by molar-refractivity contribution is -0.386. The van der Waals surface area contributed by atoms with Gasteiger partial charge in [-0.1, -0.05) is 26.2 Å². The van der Waals surface area contributed by atoms with E-state index in [1.807, 2.05) is 6.07 Å². The molecule has 8 nitrogen and oxygen atoms in total. The Kier molecular flexibility index (Phi) is 5.89. The minimum atomic E-state index is -0.378. The molecule has 2 atom stereocenters. The van der Waals surface area contributed by atoms with Crippen molar-refractivity contribution >= 4 is 11.4 Å². The number of nitro groups is 1. The standard InChI is InChI=1S/C21H30N4O4/c1-3-4-5-6-11-29-21-16(25(26)27)12-15(13-17(21)28-2)19-20-18(22-23-19)14-7-9-24(20)10-8-14/h12-14,19-20,23H,3-11H2,1-2H3. The van der Waals surface area contributed by atoms with E-state index in [1.165, 1.54) is 12.8 Å². The Morgan fingerprint density at radius 3 is 2.76 bits per heavy atom. The summed E-state index contributed by atoms with van der Waals surface area (Å²) in [7, 11) is 1.53. The van der Waals surface area contributed by atoms with Gasteiger partial charge in [0.1, 0.15) is 0 Å². The van der Waals surface area contributed by atoms with Gasteiger partial charge in [0.15, 0.2) is 5.75 Å². The maximum Gasteiger partial charge on any atom is 0.315 e. The average Bonchev–Trinajstić information content (AvgIpc) is 3.21. The van der Waals surface area contributed by atoms with E-state index in [1.54, 1.807) is 6.07 Å². The van der Waals surface area contributed by atoms with E-state index in [9.17, 15) is 10.1 Å². The van der Waals surface area contributed by atoms with Gasteiger partial charge in [-0.05, 0) is 44.0 Å². The first-order chi connectivity index (χ1) is 14.1. The molecule has 0 saturated carbocycles. The summed E-state index contributed by atoms with van der Waals surface area (Å²) >= 11 is 0. The maximum absolute atomic E-state index is 11.8. The second kappa shape index (κ2) is 8.57. The van der Waals surface area contributed by atoms with E-state index in [0.29, 0.717) is 18.3 Å². The van der Waals surface area contributed by atoms with E-state index in [4.69, 9.17) is 9.47 Å². The highest BCUT2D eigenvalue weighted by molar-refractivity contribution is 5.95. The smallest absolute Gasteiger partial charge is 0.315 e. The third-order valence-corrected chi connectivity index (χ3v) is 6.37. The first-order valence-electron chi connectivity index (χ1n) is 10.7. The molecule has 3 fully saturated rings. The molecule has 5 rings (SSSR count). The molecule has 4 aliphatic heterocycles. The number of hydrazone groups is 1. The number of unbranched alkanes of at least 4 members (excludes halogenated alkanes) is 3. The molecule has 29 heavy (non-hydrogen) atoms. The van der Waals surface area contributed by atoms with Crippen LogP contribution < -0.4 is 14.9 Å². The summed E-state index contributed by atoms with van der Waals surface area (Å²) in [6, 6.07) is 3.57. The summed E-state index contributed by atoms with van der Waals surface area (Å²) in [5.74, 6) is 1.17. The molecule has 1 aromatic carbocycles. The molecule has 2 unspecified atom stereocenters. The van der Waals surface area contributed by atoms with Gasteiger partial charge in [-0.2, -0.15) is 5.10 Å². The Hall–Kier alpha value is -2.35. The number of nitrogens with zero attached hydrogens (tertiary/aromatic N) is 3. The number of fused-ring (bicyclic) bond motifs is 2. The number of rotatable bonds is 9. The van der Waals surface area contributed by atoms with Crippen LogP contribution in [0.3, 0.4) is 0 Å². The van der Waals surface area contributed by atoms with Crippen molar-refractivity contribution in [1.29, 1.82) is 0 Å². The Labute approximate surface area is 171 Å². The molecule has 0 aliphatic carbocycles. The van der Waals surface area contributed by atoms with Gasteiger partial charge >= 0.3 is 5.69 Å². The fourth-order valence-corrected chi connectivity index (χ4v) is 4.84. The fraction of sp³-hybridized carbons (Fsp3) is 0.667. The third kappa shape index (κ3) is 3.77. The number of nitro benzene ring substituents is 1. The molecule has 2 bridgehead atoms. The van der Waals surface area contributed by atoms with Crippen molar-refractivity contribution in [3.05, 3.63) is 27.8 Å². The number of nitrogens with one attached hydrogen (secondary N) is 1.